The predicted octanol–water partition coefficient (Wildman–Crippen LogP) is 3.80. The lowest BCUT2D eigenvalue weighted by Gasteiger charge is -2.42. The quantitative estimate of drug-likeness (QED) is 0.294. The summed E-state index contributed by atoms with van der Waals surface area (Å²) in [5, 5.41) is 9.76. The molecule has 3 aromatic heterocycles. The summed E-state index contributed by atoms with van der Waals surface area (Å²) in [5.74, 6) is 0.599. The van der Waals surface area contributed by atoms with Crippen molar-refractivity contribution in [1.29, 1.82) is 0 Å². The Balaban J connectivity index is 1.31. The van der Waals surface area contributed by atoms with Crippen molar-refractivity contribution in [3.63, 3.8) is 0 Å². The summed E-state index contributed by atoms with van der Waals surface area (Å²) in [6.45, 7) is 1.91. The van der Waals surface area contributed by atoms with Crippen molar-refractivity contribution in [3.8, 4) is 11.4 Å². The van der Waals surface area contributed by atoms with Crippen LogP contribution in [0.3, 0.4) is 0 Å². The van der Waals surface area contributed by atoms with Crippen molar-refractivity contribution in [2.24, 2.45) is 0 Å². The van der Waals surface area contributed by atoms with E-state index >= 15 is 0 Å². The fourth-order valence-corrected chi connectivity index (χ4v) is 4.51. The van der Waals surface area contributed by atoms with Gasteiger partial charge in [-0.2, -0.15) is 17.6 Å². The number of imidazole rings is 1. The number of pyridine rings is 1. The molecule has 4 aromatic rings. The number of hydrogen-bond donors (Lipinski definition) is 3. The summed E-state index contributed by atoms with van der Waals surface area (Å²) < 4.78 is 11.8. The van der Waals surface area contributed by atoms with Crippen LogP contribution in [-0.2, 0) is 4.74 Å². The largest absolute Gasteiger partial charge is 0.453 e. The molecule has 0 radical (unpaired) electrons. The normalized spacial score (nSPS) is 19.4. The molecule has 1 fully saturated rings. The Morgan fingerprint density at radius 3 is 2.88 bits per heavy atom. The van der Waals surface area contributed by atoms with Crippen LogP contribution in [0.15, 0.2) is 53.3 Å². The number of thiol groups is 1. The molecule has 0 atom stereocenters. The molecule has 5 rings (SSSR count). The highest BCUT2D eigenvalue weighted by molar-refractivity contribution is 7.81. The van der Waals surface area contributed by atoms with Gasteiger partial charge in [0.2, 0.25) is 11.7 Å². The van der Waals surface area contributed by atoms with E-state index in [1.165, 1.54) is 7.11 Å². The number of benzene rings is 1. The van der Waals surface area contributed by atoms with Gasteiger partial charge < -0.3 is 19.9 Å². The highest BCUT2D eigenvalue weighted by Crippen LogP contribution is 2.46. The number of hydrogen-bond acceptors (Lipinski definition) is 8. The number of aryl methyl sites for hydroxylation is 1. The Kier molecular flexibility index (Phi) is 5.48. The van der Waals surface area contributed by atoms with Crippen molar-refractivity contribution in [2.45, 2.75) is 30.6 Å². The van der Waals surface area contributed by atoms with Gasteiger partial charge in [0.25, 0.3) is 5.91 Å². The molecule has 3 heterocycles. The van der Waals surface area contributed by atoms with E-state index in [9.17, 15) is 9.59 Å². The topological polar surface area (TPSA) is 124 Å². The van der Waals surface area contributed by atoms with Crippen LogP contribution >= 0.6 is 12.6 Å². The lowest BCUT2D eigenvalue weighted by atomic mass is 9.79. The first-order chi connectivity index (χ1) is 16.3. The van der Waals surface area contributed by atoms with Gasteiger partial charge in [0, 0.05) is 23.4 Å². The maximum Gasteiger partial charge on any atom is 0.407 e. The third kappa shape index (κ3) is 4.10. The first kappa shape index (κ1) is 22.0. The summed E-state index contributed by atoms with van der Waals surface area (Å²) in [6.07, 6.45) is 3.90. The number of anilines is 1. The maximum atomic E-state index is 12.9. The molecule has 11 heteroatoms. The second-order valence-corrected chi connectivity index (χ2v) is 9.12. The van der Waals surface area contributed by atoms with Crippen LogP contribution < -0.4 is 10.6 Å². The molecule has 1 aliphatic rings. The number of fused-ring (bicyclic) bond motifs is 1. The van der Waals surface area contributed by atoms with Gasteiger partial charge in [-0.15, -0.1) is 0 Å². The number of rotatable bonds is 5. The number of carbonyl (C=O) groups is 2. The second kappa shape index (κ2) is 8.49. The van der Waals surface area contributed by atoms with Crippen LogP contribution in [0.2, 0.25) is 0 Å². The molecule has 0 aliphatic heterocycles. The zero-order valence-corrected chi connectivity index (χ0v) is 19.4. The van der Waals surface area contributed by atoms with Gasteiger partial charge in [-0.1, -0.05) is 23.4 Å². The highest BCUT2D eigenvalue weighted by atomic mass is 32.1. The molecule has 34 heavy (non-hydrogen) atoms. The van der Waals surface area contributed by atoms with E-state index in [-0.39, 0.29) is 11.8 Å². The molecule has 0 bridgehead atoms. The Bertz CT molecular complexity index is 1390. The van der Waals surface area contributed by atoms with E-state index in [0.717, 1.165) is 5.56 Å². The minimum atomic E-state index is -0.661. The van der Waals surface area contributed by atoms with Crippen molar-refractivity contribution >= 4 is 36.0 Å². The Labute approximate surface area is 200 Å². The number of amides is 2. The molecule has 0 spiro atoms. The average molecular weight is 479 g/mol. The smallest absolute Gasteiger partial charge is 0.407 e. The first-order valence-corrected chi connectivity index (χ1v) is 11.1. The van der Waals surface area contributed by atoms with Gasteiger partial charge in [-0.3, -0.25) is 9.20 Å². The molecule has 0 unspecified atom stereocenters. The Morgan fingerprint density at radius 2 is 2.09 bits per heavy atom. The van der Waals surface area contributed by atoms with Crippen molar-refractivity contribution < 1.29 is 18.8 Å². The third-order valence-corrected chi connectivity index (χ3v) is 6.35. The standard InChI is InChI=1S/C23H22N6O4S/c1-13-6-7-14(9-16(13)25-20(30)17-12-24-18-5-3-4-8-29(17)18)19-26-21(33-28-19)15-10-23(34,11-15)27-22(31)32-2/h3-9,12,15,34H,10-11H2,1-2H3,(H,25,30)(H,27,31). The third-order valence-electron chi connectivity index (χ3n) is 5.87. The predicted molar refractivity (Wildman–Crippen MR) is 127 cm³/mol. The van der Waals surface area contributed by atoms with Crippen molar-refractivity contribution in [3.05, 3.63) is 65.9 Å². The Morgan fingerprint density at radius 1 is 1.26 bits per heavy atom. The van der Waals surface area contributed by atoms with Gasteiger partial charge in [-0.25, -0.2) is 9.78 Å². The van der Waals surface area contributed by atoms with E-state index in [2.05, 4.69) is 43.1 Å². The van der Waals surface area contributed by atoms with Gasteiger partial charge in [0.15, 0.2) is 0 Å². The lowest BCUT2D eigenvalue weighted by Crippen LogP contribution is -2.52. The van der Waals surface area contributed by atoms with Crippen molar-refractivity contribution in [2.75, 3.05) is 12.4 Å². The van der Waals surface area contributed by atoms with Gasteiger partial charge in [0.1, 0.15) is 11.3 Å². The zero-order chi connectivity index (χ0) is 23.9. The molecule has 1 aromatic carbocycles. The van der Waals surface area contributed by atoms with Crippen molar-refractivity contribution in [1.82, 2.24) is 24.8 Å². The number of ether oxygens (including phenoxy) is 1. The molecule has 1 saturated carbocycles. The highest BCUT2D eigenvalue weighted by Gasteiger charge is 2.46. The van der Waals surface area contributed by atoms with Gasteiger partial charge in [-0.05, 0) is 43.5 Å². The maximum absolute atomic E-state index is 12.9. The van der Waals surface area contributed by atoms with Crippen LogP contribution in [0.1, 0.15) is 40.7 Å². The van der Waals surface area contributed by atoms with E-state index in [4.69, 9.17) is 4.52 Å². The van der Waals surface area contributed by atoms with E-state index in [0.29, 0.717) is 47.1 Å². The molecule has 0 saturated heterocycles. The Hall–Kier alpha value is -3.86. The monoisotopic (exact) mass is 478 g/mol. The molecule has 1 aliphatic carbocycles. The molecule has 174 valence electrons. The minimum absolute atomic E-state index is 0.0179. The number of alkyl carbamates (subject to hydrolysis) is 1. The second-order valence-electron chi connectivity index (χ2n) is 8.27. The van der Waals surface area contributed by atoms with Crippen LogP contribution in [0.25, 0.3) is 17.0 Å². The molecule has 2 amide bonds. The van der Waals surface area contributed by atoms with E-state index in [1.807, 2.05) is 43.3 Å². The summed E-state index contributed by atoms with van der Waals surface area (Å²) in [7, 11) is 1.31. The molecular weight excluding hydrogens is 456 g/mol. The molecule has 10 nitrogen and oxygen atoms in total. The minimum Gasteiger partial charge on any atom is -0.453 e. The molecular formula is C23H22N6O4S. The average Bonchev–Trinajstić information content (AvgIpc) is 3.46. The summed E-state index contributed by atoms with van der Waals surface area (Å²) >= 11 is 4.51. The number of carbonyl (C=O) groups excluding carboxylic acids is 2. The number of nitrogens with one attached hydrogen (secondary N) is 2. The van der Waals surface area contributed by atoms with Crippen LogP contribution in [0.4, 0.5) is 10.5 Å². The number of nitrogens with zero attached hydrogens (tertiary/aromatic N) is 4. The van der Waals surface area contributed by atoms with Crippen LogP contribution in [0, 0.1) is 6.92 Å². The lowest BCUT2D eigenvalue weighted by molar-refractivity contribution is 0.102. The van der Waals surface area contributed by atoms with Crippen LogP contribution in [0.5, 0.6) is 0 Å². The number of aromatic nitrogens is 4. The number of methoxy groups -OCH3 is 1. The van der Waals surface area contributed by atoms with E-state index in [1.54, 1.807) is 16.8 Å². The summed E-state index contributed by atoms with van der Waals surface area (Å²) in [6, 6.07) is 11.1. The fraction of sp³-hybridized carbons (Fsp3) is 0.261. The zero-order valence-electron chi connectivity index (χ0n) is 18.5. The van der Waals surface area contributed by atoms with Gasteiger partial charge in [0.05, 0.1) is 18.2 Å². The first-order valence-electron chi connectivity index (χ1n) is 10.6. The SMILES string of the molecule is COC(=O)NC1(S)CC(c2nc(-c3ccc(C)c(NC(=O)c4cnc5ccccn45)c3)no2)C1. The van der Waals surface area contributed by atoms with Gasteiger partial charge >= 0.3 is 6.09 Å². The van der Waals surface area contributed by atoms with Crippen LogP contribution in [-0.4, -0.2) is 43.5 Å². The molecule has 2 N–H and O–H groups in total. The van der Waals surface area contributed by atoms with E-state index < -0.39 is 11.0 Å². The summed E-state index contributed by atoms with van der Waals surface area (Å²) in [5.41, 5.74) is 3.36. The summed E-state index contributed by atoms with van der Waals surface area (Å²) in [4.78, 5) is 32.5. The fourth-order valence-electron chi connectivity index (χ4n) is 3.97.